The first kappa shape index (κ1) is 8.33. The maximum Gasteiger partial charge on any atom is 0.162 e. The molecule has 52 valence electrons. The fourth-order valence-electron chi connectivity index (χ4n) is 0.404. The zero-order valence-electron chi connectivity index (χ0n) is 5.08. The summed E-state index contributed by atoms with van der Waals surface area (Å²) in [6, 6.07) is 0. The maximum atomic E-state index is 10.5. The summed E-state index contributed by atoms with van der Waals surface area (Å²) in [5.41, 5.74) is 0. The Hall–Kier alpha value is -0.670. The molecular weight excluding hydrogens is 120 g/mol. The third-order valence-corrected chi connectivity index (χ3v) is 1.04. The number of aliphatic hydroxyl groups is 2. The number of rotatable bonds is 4. The van der Waals surface area contributed by atoms with Gasteiger partial charge in [0.25, 0.3) is 0 Å². The summed E-state index contributed by atoms with van der Waals surface area (Å²) >= 11 is 0. The van der Waals surface area contributed by atoms with E-state index in [1.54, 1.807) is 0 Å². The van der Waals surface area contributed by atoms with Crippen molar-refractivity contribution in [3.63, 3.8) is 0 Å². The first-order valence-electron chi connectivity index (χ1n) is 2.64. The van der Waals surface area contributed by atoms with E-state index >= 15 is 0 Å². The van der Waals surface area contributed by atoms with Crippen LogP contribution in [-0.2, 0) is 4.79 Å². The van der Waals surface area contributed by atoms with Gasteiger partial charge in [0.05, 0.1) is 19.1 Å². The summed E-state index contributed by atoms with van der Waals surface area (Å²) in [5, 5.41) is 16.8. The van der Waals surface area contributed by atoms with Crippen LogP contribution in [-0.4, -0.2) is 29.2 Å². The SMILES string of the molecule is C=CC(=O)C(CO)CO. The molecule has 0 rings (SSSR count). The number of aliphatic hydroxyl groups excluding tert-OH is 2. The third-order valence-electron chi connectivity index (χ3n) is 1.04. The molecule has 0 atom stereocenters. The van der Waals surface area contributed by atoms with Crippen LogP contribution in [0.2, 0.25) is 0 Å². The molecule has 0 heterocycles. The van der Waals surface area contributed by atoms with E-state index in [0.29, 0.717) is 0 Å². The van der Waals surface area contributed by atoms with E-state index in [-0.39, 0.29) is 19.0 Å². The molecule has 2 N–H and O–H groups in total. The summed E-state index contributed by atoms with van der Waals surface area (Å²) in [7, 11) is 0. The molecule has 0 fully saturated rings. The van der Waals surface area contributed by atoms with Gasteiger partial charge in [-0.15, -0.1) is 0 Å². The summed E-state index contributed by atoms with van der Waals surface area (Å²) in [4.78, 5) is 10.5. The van der Waals surface area contributed by atoms with Crippen LogP contribution in [0.3, 0.4) is 0 Å². The highest BCUT2D eigenvalue weighted by molar-refractivity contribution is 5.91. The Kier molecular flexibility index (Phi) is 3.92. The van der Waals surface area contributed by atoms with Gasteiger partial charge in [-0.1, -0.05) is 6.58 Å². The number of carbonyl (C=O) groups is 1. The predicted molar refractivity (Wildman–Crippen MR) is 32.9 cm³/mol. The van der Waals surface area contributed by atoms with Crippen molar-refractivity contribution in [2.75, 3.05) is 13.2 Å². The van der Waals surface area contributed by atoms with E-state index < -0.39 is 5.92 Å². The number of allylic oxidation sites excluding steroid dienone is 1. The Morgan fingerprint density at radius 1 is 1.56 bits per heavy atom. The maximum absolute atomic E-state index is 10.5. The van der Waals surface area contributed by atoms with Crippen LogP contribution in [0.4, 0.5) is 0 Å². The van der Waals surface area contributed by atoms with Crippen LogP contribution in [0.1, 0.15) is 0 Å². The van der Waals surface area contributed by atoms with Gasteiger partial charge in [0.2, 0.25) is 0 Å². The van der Waals surface area contributed by atoms with Crippen LogP contribution in [0.15, 0.2) is 12.7 Å². The molecule has 0 aromatic rings. The van der Waals surface area contributed by atoms with Gasteiger partial charge in [-0.05, 0) is 6.08 Å². The molecule has 0 spiro atoms. The number of hydrogen-bond acceptors (Lipinski definition) is 3. The molecule has 0 aromatic carbocycles. The minimum Gasteiger partial charge on any atom is -0.396 e. The van der Waals surface area contributed by atoms with Gasteiger partial charge in [0, 0.05) is 0 Å². The zero-order valence-corrected chi connectivity index (χ0v) is 5.08. The fourth-order valence-corrected chi connectivity index (χ4v) is 0.404. The third kappa shape index (κ3) is 2.39. The lowest BCUT2D eigenvalue weighted by Crippen LogP contribution is -2.19. The highest BCUT2D eigenvalue weighted by atomic mass is 16.3. The zero-order chi connectivity index (χ0) is 7.28. The van der Waals surface area contributed by atoms with Crippen molar-refractivity contribution in [1.82, 2.24) is 0 Å². The number of hydrogen-bond donors (Lipinski definition) is 2. The molecule has 0 amide bonds. The average molecular weight is 130 g/mol. The molecule has 0 saturated heterocycles. The van der Waals surface area contributed by atoms with Crippen molar-refractivity contribution in [2.24, 2.45) is 5.92 Å². The molecule has 0 aliphatic heterocycles. The quantitative estimate of drug-likeness (QED) is 0.497. The second-order valence-electron chi connectivity index (χ2n) is 1.67. The molecule has 0 radical (unpaired) electrons. The van der Waals surface area contributed by atoms with Gasteiger partial charge in [-0.2, -0.15) is 0 Å². The Bertz CT molecular complexity index is 105. The minimum absolute atomic E-state index is 0.318. The smallest absolute Gasteiger partial charge is 0.162 e. The average Bonchev–Trinajstić information content (AvgIpc) is 1.90. The van der Waals surface area contributed by atoms with Gasteiger partial charge in [-0.25, -0.2) is 0 Å². The molecular formula is C6H10O3. The van der Waals surface area contributed by atoms with Crippen molar-refractivity contribution in [3.05, 3.63) is 12.7 Å². The molecule has 0 aliphatic carbocycles. The van der Waals surface area contributed by atoms with E-state index in [2.05, 4.69) is 6.58 Å². The Balaban J connectivity index is 3.78. The topological polar surface area (TPSA) is 57.5 Å². The number of ketones is 1. The Morgan fingerprint density at radius 3 is 2.11 bits per heavy atom. The van der Waals surface area contributed by atoms with Gasteiger partial charge < -0.3 is 10.2 Å². The molecule has 0 unspecified atom stereocenters. The van der Waals surface area contributed by atoms with Crippen LogP contribution < -0.4 is 0 Å². The van der Waals surface area contributed by atoms with E-state index in [9.17, 15) is 4.79 Å². The summed E-state index contributed by atoms with van der Waals surface area (Å²) in [5.74, 6) is -0.998. The van der Waals surface area contributed by atoms with Crippen molar-refractivity contribution in [2.45, 2.75) is 0 Å². The molecule has 0 bridgehead atoms. The molecule has 9 heavy (non-hydrogen) atoms. The molecule has 0 aromatic heterocycles. The lowest BCUT2D eigenvalue weighted by atomic mass is 10.1. The Labute approximate surface area is 53.6 Å². The summed E-state index contributed by atoms with van der Waals surface area (Å²) < 4.78 is 0. The summed E-state index contributed by atoms with van der Waals surface area (Å²) in [6.45, 7) is 2.57. The lowest BCUT2D eigenvalue weighted by molar-refractivity contribution is -0.120. The highest BCUT2D eigenvalue weighted by Crippen LogP contribution is 1.94. The van der Waals surface area contributed by atoms with Gasteiger partial charge >= 0.3 is 0 Å². The second kappa shape index (κ2) is 4.23. The molecule has 3 heteroatoms. The highest BCUT2D eigenvalue weighted by Gasteiger charge is 2.11. The van der Waals surface area contributed by atoms with Crippen molar-refractivity contribution < 1.29 is 15.0 Å². The van der Waals surface area contributed by atoms with Crippen molar-refractivity contribution in [1.29, 1.82) is 0 Å². The van der Waals surface area contributed by atoms with Gasteiger partial charge in [0.1, 0.15) is 0 Å². The predicted octanol–water partition coefficient (Wildman–Crippen LogP) is -0.658. The molecule has 3 nitrogen and oxygen atoms in total. The molecule has 0 saturated carbocycles. The monoisotopic (exact) mass is 130 g/mol. The van der Waals surface area contributed by atoms with Crippen LogP contribution >= 0.6 is 0 Å². The molecule has 0 aliphatic rings. The van der Waals surface area contributed by atoms with E-state index in [4.69, 9.17) is 10.2 Å². The van der Waals surface area contributed by atoms with Crippen LogP contribution in [0.25, 0.3) is 0 Å². The van der Waals surface area contributed by atoms with Crippen molar-refractivity contribution >= 4 is 5.78 Å². The van der Waals surface area contributed by atoms with Crippen LogP contribution in [0.5, 0.6) is 0 Å². The first-order valence-corrected chi connectivity index (χ1v) is 2.64. The van der Waals surface area contributed by atoms with E-state index in [1.165, 1.54) is 0 Å². The minimum atomic E-state index is -0.678. The first-order chi connectivity index (χ1) is 4.26. The largest absolute Gasteiger partial charge is 0.396 e. The summed E-state index contributed by atoms with van der Waals surface area (Å²) in [6.07, 6.45) is 1.09. The van der Waals surface area contributed by atoms with Gasteiger partial charge in [-0.3, -0.25) is 4.79 Å². The van der Waals surface area contributed by atoms with Gasteiger partial charge in [0.15, 0.2) is 5.78 Å². The second-order valence-corrected chi connectivity index (χ2v) is 1.67. The lowest BCUT2D eigenvalue weighted by Gasteiger charge is -2.03. The standard InChI is InChI=1S/C6H10O3/c1-2-6(9)5(3-7)4-8/h2,5,7-8H,1,3-4H2. The fraction of sp³-hybridized carbons (Fsp3) is 0.500. The van der Waals surface area contributed by atoms with E-state index in [1.807, 2.05) is 0 Å². The Morgan fingerprint density at radius 2 is 2.00 bits per heavy atom. The normalized spacial score (nSPS) is 9.67. The van der Waals surface area contributed by atoms with E-state index in [0.717, 1.165) is 6.08 Å². The van der Waals surface area contributed by atoms with Crippen molar-refractivity contribution in [3.8, 4) is 0 Å². The number of carbonyl (C=O) groups excluding carboxylic acids is 1. The van der Waals surface area contributed by atoms with Crippen LogP contribution in [0, 0.1) is 5.92 Å².